The molecular formula is C18H19ClN2O4. The van der Waals surface area contributed by atoms with Gasteiger partial charge in [0, 0.05) is 24.7 Å². The van der Waals surface area contributed by atoms with Crippen molar-refractivity contribution >= 4 is 23.8 Å². The highest BCUT2D eigenvalue weighted by Crippen LogP contribution is 2.31. The van der Waals surface area contributed by atoms with Crippen molar-refractivity contribution in [3.05, 3.63) is 70.2 Å². The standard InChI is InChI=1S/C18H19ClN2O4/c1-20-17(22)24-11-13-8-9-14(19)10-15(13)16(25-18(23)21-2)12-6-4-3-5-7-12/h3-10,16H,11H2,1-2H3,(H,20,22)(H,21,23). The Kier molecular flexibility index (Phi) is 6.65. The van der Waals surface area contributed by atoms with Crippen LogP contribution in [-0.2, 0) is 16.1 Å². The third-order valence-corrected chi connectivity index (χ3v) is 3.72. The Bertz CT molecular complexity index is 737. The molecule has 7 heteroatoms. The Labute approximate surface area is 151 Å². The summed E-state index contributed by atoms with van der Waals surface area (Å²) in [5.41, 5.74) is 2.10. The number of carbonyl (C=O) groups is 2. The maximum atomic E-state index is 11.8. The van der Waals surface area contributed by atoms with Crippen molar-refractivity contribution in [2.75, 3.05) is 14.1 Å². The van der Waals surface area contributed by atoms with Gasteiger partial charge in [0.25, 0.3) is 0 Å². The van der Waals surface area contributed by atoms with Crippen LogP contribution in [0.5, 0.6) is 0 Å². The molecule has 6 nitrogen and oxygen atoms in total. The van der Waals surface area contributed by atoms with Crippen LogP contribution >= 0.6 is 11.6 Å². The molecule has 132 valence electrons. The van der Waals surface area contributed by atoms with Crippen LogP contribution in [0.25, 0.3) is 0 Å². The summed E-state index contributed by atoms with van der Waals surface area (Å²) in [7, 11) is 2.96. The van der Waals surface area contributed by atoms with Gasteiger partial charge in [0.2, 0.25) is 0 Å². The normalized spacial score (nSPS) is 11.3. The second kappa shape index (κ2) is 8.94. The summed E-state index contributed by atoms with van der Waals surface area (Å²) in [5, 5.41) is 5.31. The van der Waals surface area contributed by atoms with Gasteiger partial charge in [-0.05, 0) is 23.3 Å². The maximum absolute atomic E-state index is 11.8. The van der Waals surface area contributed by atoms with Gasteiger partial charge in [-0.15, -0.1) is 0 Å². The number of hydrogen-bond acceptors (Lipinski definition) is 4. The van der Waals surface area contributed by atoms with Gasteiger partial charge in [0.1, 0.15) is 6.61 Å². The van der Waals surface area contributed by atoms with Gasteiger partial charge >= 0.3 is 12.2 Å². The van der Waals surface area contributed by atoms with Gasteiger partial charge in [0.15, 0.2) is 6.10 Å². The Morgan fingerprint density at radius 3 is 2.36 bits per heavy atom. The van der Waals surface area contributed by atoms with Crippen molar-refractivity contribution in [2.45, 2.75) is 12.7 Å². The molecular weight excluding hydrogens is 344 g/mol. The van der Waals surface area contributed by atoms with Crippen LogP contribution in [0.15, 0.2) is 48.5 Å². The lowest BCUT2D eigenvalue weighted by Gasteiger charge is -2.21. The summed E-state index contributed by atoms with van der Waals surface area (Å²) in [5.74, 6) is 0. The van der Waals surface area contributed by atoms with Crippen LogP contribution in [0.2, 0.25) is 5.02 Å². The number of amides is 2. The van der Waals surface area contributed by atoms with Crippen LogP contribution < -0.4 is 10.6 Å². The third kappa shape index (κ3) is 5.12. The van der Waals surface area contributed by atoms with Crippen molar-refractivity contribution in [2.24, 2.45) is 0 Å². The van der Waals surface area contributed by atoms with Gasteiger partial charge in [-0.25, -0.2) is 9.59 Å². The predicted molar refractivity (Wildman–Crippen MR) is 94.5 cm³/mol. The van der Waals surface area contributed by atoms with E-state index in [1.54, 1.807) is 18.2 Å². The lowest BCUT2D eigenvalue weighted by atomic mass is 9.97. The van der Waals surface area contributed by atoms with Crippen LogP contribution in [0.1, 0.15) is 22.8 Å². The van der Waals surface area contributed by atoms with Gasteiger partial charge in [-0.3, -0.25) is 0 Å². The van der Waals surface area contributed by atoms with Crippen molar-refractivity contribution in [3.63, 3.8) is 0 Å². The number of halogens is 1. The minimum atomic E-state index is -0.692. The Morgan fingerprint density at radius 1 is 1.04 bits per heavy atom. The topological polar surface area (TPSA) is 76.7 Å². The molecule has 2 N–H and O–H groups in total. The van der Waals surface area contributed by atoms with E-state index < -0.39 is 18.3 Å². The molecule has 0 spiro atoms. The average molecular weight is 363 g/mol. The molecule has 0 fully saturated rings. The van der Waals surface area contributed by atoms with Gasteiger partial charge in [-0.2, -0.15) is 0 Å². The molecule has 0 saturated carbocycles. The first kappa shape index (κ1) is 18.6. The van der Waals surface area contributed by atoms with E-state index in [0.29, 0.717) is 16.1 Å². The van der Waals surface area contributed by atoms with E-state index in [2.05, 4.69) is 10.6 Å². The van der Waals surface area contributed by atoms with Crippen LogP contribution in [0.3, 0.4) is 0 Å². The van der Waals surface area contributed by atoms with Crippen LogP contribution in [0, 0.1) is 0 Å². The minimum absolute atomic E-state index is 0.0204. The fourth-order valence-corrected chi connectivity index (χ4v) is 2.44. The first-order chi connectivity index (χ1) is 12.0. The summed E-state index contributed by atoms with van der Waals surface area (Å²) in [6.07, 6.45) is -1.82. The molecule has 0 saturated heterocycles. The van der Waals surface area contributed by atoms with E-state index in [0.717, 1.165) is 5.56 Å². The van der Waals surface area contributed by atoms with E-state index in [4.69, 9.17) is 21.1 Å². The highest BCUT2D eigenvalue weighted by atomic mass is 35.5. The van der Waals surface area contributed by atoms with Crippen molar-refractivity contribution in [1.29, 1.82) is 0 Å². The predicted octanol–water partition coefficient (Wildman–Crippen LogP) is 3.64. The molecule has 0 heterocycles. The number of benzene rings is 2. The van der Waals surface area contributed by atoms with E-state index in [1.807, 2.05) is 30.3 Å². The minimum Gasteiger partial charge on any atom is -0.445 e. The van der Waals surface area contributed by atoms with Crippen molar-refractivity contribution in [1.82, 2.24) is 10.6 Å². The number of hydrogen-bond donors (Lipinski definition) is 2. The highest BCUT2D eigenvalue weighted by Gasteiger charge is 2.22. The molecule has 2 aromatic carbocycles. The molecule has 0 aliphatic heterocycles. The molecule has 0 aromatic heterocycles. The second-order valence-electron chi connectivity index (χ2n) is 5.12. The number of nitrogens with one attached hydrogen (secondary N) is 2. The fourth-order valence-electron chi connectivity index (χ4n) is 2.26. The van der Waals surface area contributed by atoms with Crippen LogP contribution in [-0.4, -0.2) is 26.3 Å². The SMILES string of the molecule is CNC(=O)OCc1ccc(Cl)cc1C(OC(=O)NC)c1ccccc1. The summed E-state index contributed by atoms with van der Waals surface area (Å²) < 4.78 is 10.7. The lowest BCUT2D eigenvalue weighted by molar-refractivity contribution is 0.115. The van der Waals surface area contributed by atoms with E-state index in [9.17, 15) is 9.59 Å². The molecule has 1 atom stereocenters. The van der Waals surface area contributed by atoms with Gasteiger partial charge in [-0.1, -0.05) is 48.0 Å². The zero-order valence-electron chi connectivity index (χ0n) is 13.9. The molecule has 0 aliphatic carbocycles. The van der Waals surface area contributed by atoms with Crippen LogP contribution in [0.4, 0.5) is 9.59 Å². The lowest BCUT2D eigenvalue weighted by Crippen LogP contribution is -2.24. The smallest absolute Gasteiger partial charge is 0.407 e. The molecule has 0 radical (unpaired) electrons. The summed E-state index contributed by atoms with van der Waals surface area (Å²) in [4.78, 5) is 23.2. The van der Waals surface area contributed by atoms with E-state index in [1.165, 1.54) is 14.1 Å². The fraction of sp³-hybridized carbons (Fsp3) is 0.222. The van der Waals surface area contributed by atoms with Crippen molar-refractivity contribution in [3.8, 4) is 0 Å². The first-order valence-corrected chi connectivity index (χ1v) is 7.99. The monoisotopic (exact) mass is 362 g/mol. The molecule has 2 rings (SSSR count). The largest absolute Gasteiger partial charge is 0.445 e. The van der Waals surface area contributed by atoms with Crippen molar-refractivity contribution < 1.29 is 19.1 Å². The average Bonchev–Trinajstić information content (AvgIpc) is 2.65. The third-order valence-electron chi connectivity index (χ3n) is 3.48. The molecule has 2 aromatic rings. The first-order valence-electron chi connectivity index (χ1n) is 7.61. The number of carbonyl (C=O) groups excluding carboxylic acids is 2. The number of rotatable bonds is 5. The molecule has 2 amide bonds. The number of alkyl carbamates (subject to hydrolysis) is 2. The Hall–Kier alpha value is -2.73. The Balaban J connectivity index is 2.42. The van der Waals surface area contributed by atoms with Gasteiger partial charge < -0.3 is 20.1 Å². The molecule has 25 heavy (non-hydrogen) atoms. The molecule has 1 unspecified atom stereocenters. The quantitative estimate of drug-likeness (QED) is 0.851. The zero-order valence-corrected chi connectivity index (χ0v) is 14.7. The maximum Gasteiger partial charge on any atom is 0.407 e. The zero-order chi connectivity index (χ0) is 18.2. The molecule has 0 bridgehead atoms. The van der Waals surface area contributed by atoms with Gasteiger partial charge in [0.05, 0.1) is 0 Å². The second-order valence-corrected chi connectivity index (χ2v) is 5.55. The molecule has 0 aliphatic rings. The number of ether oxygens (including phenoxy) is 2. The summed E-state index contributed by atoms with van der Waals surface area (Å²) in [6.45, 7) is 0.0204. The highest BCUT2D eigenvalue weighted by molar-refractivity contribution is 6.30. The van der Waals surface area contributed by atoms with E-state index >= 15 is 0 Å². The summed E-state index contributed by atoms with van der Waals surface area (Å²) >= 11 is 6.13. The van der Waals surface area contributed by atoms with E-state index in [-0.39, 0.29) is 6.61 Å². The summed E-state index contributed by atoms with van der Waals surface area (Å²) in [6, 6.07) is 14.4. The Morgan fingerprint density at radius 2 is 1.72 bits per heavy atom.